The number of carbonyl (C=O) groups is 1. The van der Waals surface area contributed by atoms with Gasteiger partial charge in [-0.05, 0) is 51.2 Å². The van der Waals surface area contributed by atoms with Gasteiger partial charge in [-0.15, -0.1) is 0 Å². The molecular weight excluding hydrogens is 442 g/mol. The molecule has 1 aromatic carbocycles. The third-order valence-electron chi connectivity index (χ3n) is 6.68. The first kappa shape index (κ1) is 21.7. The molecule has 2 aromatic heterocycles. The van der Waals surface area contributed by atoms with Crippen LogP contribution < -0.4 is 15.2 Å². The van der Waals surface area contributed by atoms with Crippen LogP contribution in [0.5, 0.6) is 0 Å². The lowest BCUT2D eigenvalue weighted by Gasteiger charge is -2.43. The summed E-state index contributed by atoms with van der Waals surface area (Å²) in [5.41, 5.74) is 1.32. The molecule has 0 radical (unpaired) electrons. The Morgan fingerprint density at radius 3 is 2.48 bits per heavy atom. The Labute approximate surface area is 196 Å². The zero-order valence-electron chi connectivity index (χ0n) is 18.7. The molecule has 8 nitrogen and oxygen atoms in total. The summed E-state index contributed by atoms with van der Waals surface area (Å²) in [5, 5.41) is 10.4. The average Bonchev–Trinajstić information content (AvgIpc) is 3.28. The van der Waals surface area contributed by atoms with Gasteiger partial charge in [0.15, 0.2) is 0 Å². The lowest BCUT2D eigenvalue weighted by Crippen LogP contribution is -2.57. The molecule has 2 saturated heterocycles. The van der Waals surface area contributed by atoms with Crippen molar-refractivity contribution in [3.05, 3.63) is 57.5 Å². The number of hydrogen-bond donors (Lipinski definition) is 1. The smallest absolute Gasteiger partial charge is 0.341 e. The van der Waals surface area contributed by atoms with Crippen LogP contribution in [0.2, 0.25) is 5.02 Å². The maximum atomic E-state index is 12.9. The first-order chi connectivity index (χ1) is 15.8. The summed E-state index contributed by atoms with van der Waals surface area (Å²) in [4.78, 5) is 35.9. The quantitative estimate of drug-likeness (QED) is 0.617. The van der Waals surface area contributed by atoms with Gasteiger partial charge in [-0.1, -0.05) is 11.6 Å². The third-order valence-corrected chi connectivity index (χ3v) is 6.98. The average molecular weight is 468 g/mol. The van der Waals surface area contributed by atoms with Crippen LogP contribution >= 0.6 is 11.6 Å². The lowest BCUT2D eigenvalue weighted by molar-refractivity contribution is 0.0695. The largest absolute Gasteiger partial charge is 0.477 e. The third kappa shape index (κ3) is 3.83. The molecule has 0 saturated carbocycles. The summed E-state index contributed by atoms with van der Waals surface area (Å²) < 4.78 is 1.73. The molecule has 0 bridgehead atoms. The number of carboxylic acids is 1. The highest BCUT2D eigenvalue weighted by atomic mass is 35.5. The van der Waals surface area contributed by atoms with E-state index in [0.29, 0.717) is 22.3 Å². The topological polar surface area (TPSA) is 81.9 Å². The number of fused-ring (bicyclic) bond motifs is 1. The number of hydrogen-bond acceptors (Lipinski definition) is 6. The zero-order chi connectivity index (χ0) is 23.3. The van der Waals surface area contributed by atoms with Gasteiger partial charge in [-0.25, -0.2) is 9.78 Å². The Morgan fingerprint density at radius 2 is 1.88 bits per heavy atom. The first-order valence-corrected chi connectivity index (χ1v) is 11.5. The molecular formula is C24H26ClN5O3. The molecule has 0 unspecified atom stereocenters. The molecule has 3 aromatic rings. The van der Waals surface area contributed by atoms with Crippen LogP contribution in [0.1, 0.15) is 23.2 Å². The number of rotatable bonds is 5. The van der Waals surface area contributed by atoms with E-state index in [0.717, 1.165) is 50.5 Å². The normalized spacial score (nSPS) is 16.6. The summed E-state index contributed by atoms with van der Waals surface area (Å²) in [7, 11) is 4.14. The number of likely N-dealkylation sites (N-methyl/N-ethyl adjacent to an activating group) is 1. The molecule has 0 spiro atoms. The molecule has 9 heteroatoms. The van der Waals surface area contributed by atoms with Gasteiger partial charge < -0.3 is 24.4 Å². The van der Waals surface area contributed by atoms with Gasteiger partial charge in [0.1, 0.15) is 11.4 Å². The van der Waals surface area contributed by atoms with E-state index >= 15 is 0 Å². The van der Waals surface area contributed by atoms with Gasteiger partial charge in [0.2, 0.25) is 5.43 Å². The highest BCUT2D eigenvalue weighted by Gasteiger charge is 2.29. The number of benzene rings is 1. The molecule has 2 aliphatic heterocycles. The standard InChI is InChI=1S/C24H26ClN5O3/c1-27(2)16-12-29(13-16)22-6-5-15(11-26-22)30-14-18(24(32)33)23(31)17-9-19(25)21(10-20(17)30)28-7-3-4-8-28/h5-6,9-11,14,16H,3-4,7-8,12-13H2,1-2H3,(H,32,33). The van der Waals surface area contributed by atoms with Crippen LogP contribution in [0, 0.1) is 0 Å². The molecule has 0 atom stereocenters. The van der Waals surface area contributed by atoms with Gasteiger partial charge in [0.05, 0.1) is 28.1 Å². The van der Waals surface area contributed by atoms with E-state index in [1.54, 1.807) is 16.8 Å². The second-order valence-electron chi connectivity index (χ2n) is 8.96. The van der Waals surface area contributed by atoms with Crippen LogP contribution in [0.25, 0.3) is 16.6 Å². The number of halogens is 1. The van der Waals surface area contributed by atoms with E-state index in [2.05, 4.69) is 33.8 Å². The van der Waals surface area contributed by atoms with E-state index in [9.17, 15) is 14.7 Å². The fourth-order valence-electron chi connectivity index (χ4n) is 4.58. The SMILES string of the molecule is CN(C)C1CN(c2ccc(-n3cc(C(=O)O)c(=O)c4cc(Cl)c(N5CCCC5)cc43)cn2)C1. The number of nitrogens with zero attached hydrogens (tertiary/aromatic N) is 5. The molecule has 2 aliphatic rings. The molecule has 4 heterocycles. The zero-order valence-corrected chi connectivity index (χ0v) is 19.4. The van der Waals surface area contributed by atoms with Crippen molar-refractivity contribution in [3.63, 3.8) is 0 Å². The van der Waals surface area contributed by atoms with Crippen molar-refractivity contribution in [1.29, 1.82) is 0 Å². The Bertz CT molecular complexity index is 1280. The van der Waals surface area contributed by atoms with Crippen LogP contribution in [-0.4, -0.2) is 71.8 Å². The van der Waals surface area contributed by atoms with Crippen molar-refractivity contribution in [1.82, 2.24) is 14.5 Å². The molecule has 5 rings (SSSR count). The highest BCUT2D eigenvalue weighted by molar-refractivity contribution is 6.34. The summed E-state index contributed by atoms with van der Waals surface area (Å²) in [6.07, 6.45) is 5.29. The fourth-order valence-corrected chi connectivity index (χ4v) is 4.86. The summed E-state index contributed by atoms with van der Waals surface area (Å²) in [5.74, 6) is -0.392. The second-order valence-corrected chi connectivity index (χ2v) is 9.37. The highest BCUT2D eigenvalue weighted by Crippen LogP contribution is 2.33. The molecule has 33 heavy (non-hydrogen) atoms. The van der Waals surface area contributed by atoms with Crippen LogP contribution in [0.15, 0.2) is 41.5 Å². The van der Waals surface area contributed by atoms with Crippen molar-refractivity contribution >= 4 is 40.0 Å². The summed E-state index contributed by atoms with van der Waals surface area (Å²) >= 11 is 6.54. The minimum absolute atomic E-state index is 0.281. The number of aromatic nitrogens is 2. The van der Waals surface area contributed by atoms with Gasteiger partial charge in [0.25, 0.3) is 0 Å². The van der Waals surface area contributed by atoms with Crippen LogP contribution in [0.3, 0.4) is 0 Å². The van der Waals surface area contributed by atoms with Crippen molar-refractivity contribution in [2.45, 2.75) is 18.9 Å². The fraction of sp³-hybridized carbons (Fsp3) is 0.375. The van der Waals surface area contributed by atoms with E-state index in [1.165, 1.54) is 6.20 Å². The van der Waals surface area contributed by atoms with Crippen molar-refractivity contribution in [2.75, 3.05) is 50.1 Å². The van der Waals surface area contributed by atoms with E-state index in [4.69, 9.17) is 11.6 Å². The maximum Gasteiger partial charge on any atom is 0.341 e. The van der Waals surface area contributed by atoms with E-state index in [1.807, 2.05) is 18.2 Å². The van der Waals surface area contributed by atoms with Crippen molar-refractivity contribution < 1.29 is 9.90 Å². The van der Waals surface area contributed by atoms with E-state index < -0.39 is 11.4 Å². The van der Waals surface area contributed by atoms with Crippen molar-refractivity contribution in [3.8, 4) is 5.69 Å². The predicted molar refractivity (Wildman–Crippen MR) is 130 cm³/mol. The summed E-state index contributed by atoms with van der Waals surface area (Å²) in [6.45, 7) is 3.65. The van der Waals surface area contributed by atoms with Gasteiger partial charge in [0, 0.05) is 43.8 Å². The molecule has 2 fully saturated rings. The molecule has 0 amide bonds. The lowest BCUT2D eigenvalue weighted by atomic mass is 10.1. The van der Waals surface area contributed by atoms with Gasteiger partial charge in [-0.3, -0.25) is 4.79 Å². The number of carboxylic acid groups (broad SMARTS) is 1. The molecule has 172 valence electrons. The Morgan fingerprint density at radius 1 is 1.15 bits per heavy atom. The number of aromatic carboxylic acids is 1. The number of anilines is 2. The van der Waals surface area contributed by atoms with E-state index in [-0.39, 0.29) is 10.9 Å². The minimum Gasteiger partial charge on any atom is -0.477 e. The van der Waals surface area contributed by atoms with Gasteiger partial charge >= 0.3 is 5.97 Å². The van der Waals surface area contributed by atoms with Crippen LogP contribution in [-0.2, 0) is 0 Å². The monoisotopic (exact) mass is 467 g/mol. The Balaban J connectivity index is 1.60. The Hall–Kier alpha value is -3.10. The summed E-state index contributed by atoms with van der Waals surface area (Å²) in [6, 6.07) is 7.84. The second kappa shape index (κ2) is 8.35. The maximum absolute atomic E-state index is 12.9. The van der Waals surface area contributed by atoms with Crippen molar-refractivity contribution in [2.24, 2.45) is 0 Å². The first-order valence-electron chi connectivity index (χ1n) is 11.1. The number of pyridine rings is 2. The minimum atomic E-state index is -1.27. The molecule has 1 N–H and O–H groups in total. The van der Waals surface area contributed by atoms with Crippen LogP contribution in [0.4, 0.5) is 11.5 Å². The molecule has 0 aliphatic carbocycles. The Kier molecular flexibility index (Phi) is 5.50. The predicted octanol–water partition coefficient (Wildman–Crippen LogP) is 3.09. The van der Waals surface area contributed by atoms with Gasteiger partial charge in [-0.2, -0.15) is 0 Å².